The molecule has 5 nitrogen and oxygen atoms in total. The highest BCUT2D eigenvalue weighted by Gasteiger charge is 2.29. The molecule has 0 atom stereocenters. The number of aryl methyl sites for hydroxylation is 2. The fourth-order valence-corrected chi connectivity index (χ4v) is 4.90. The maximum Gasteiger partial charge on any atom is 0.243 e. The average molecular weight is 421 g/mol. The second-order valence-electron chi connectivity index (χ2n) is 7.19. The van der Waals surface area contributed by atoms with E-state index >= 15 is 0 Å². The van der Waals surface area contributed by atoms with E-state index in [-0.39, 0.29) is 16.8 Å². The first kappa shape index (κ1) is 20.8. The molecule has 0 unspecified atom stereocenters. The second kappa shape index (κ2) is 9.07. The van der Waals surface area contributed by atoms with Crippen LogP contribution in [-0.4, -0.2) is 37.8 Å². The van der Waals surface area contributed by atoms with Crippen LogP contribution in [0, 0.1) is 6.92 Å². The van der Waals surface area contributed by atoms with Crippen LogP contribution in [0.5, 0.6) is 0 Å². The Hall–Kier alpha value is -1.89. The van der Waals surface area contributed by atoms with E-state index < -0.39 is 10.0 Å². The SMILES string of the molecule is Cc1ccc(CCC(=O)NC2CCN(S(=O)(=O)c3ccc(Cl)cc3)CC2)cc1. The predicted octanol–water partition coefficient (Wildman–Crippen LogP) is 3.55. The molecule has 7 heteroatoms. The van der Waals surface area contributed by atoms with Gasteiger partial charge in [0, 0.05) is 30.6 Å². The molecule has 3 rings (SSSR count). The first-order chi connectivity index (χ1) is 13.3. The first-order valence-electron chi connectivity index (χ1n) is 9.45. The number of hydrogen-bond acceptors (Lipinski definition) is 3. The number of carbonyl (C=O) groups excluding carboxylic acids is 1. The Labute approximate surface area is 171 Å². The lowest BCUT2D eigenvalue weighted by molar-refractivity contribution is -0.122. The quantitative estimate of drug-likeness (QED) is 0.777. The van der Waals surface area contributed by atoms with Crippen LogP contribution in [0.15, 0.2) is 53.4 Å². The Morgan fingerprint density at radius 1 is 1.07 bits per heavy atom. The van der Waals surface area contributed by atoms with E-state index in [1.807, 2.05) is 31.2 Å². The van der Waals surface area contributed by atoms with E-state index in [2.05, 4.69) is 5.32 Å². The molecule has 28 heavy (non-hydrogen) atoms. The number of nitrogens with zero attached hydrogens (tertiary/aromatic N) is 1. The van der Waals surface area contributed by atoms with Gasteiger partial charge in [0.15, 0.2) is 0 Å². The van der Waals surface area contributed by atoms with Crippen molar-refractivity contribution < 1.29 is 13.2 Å². The van der Waals surface area contributed by atoms with Crippen LogP contribution < -0.4 is 5.32 Å². The molecule has 1 fully saturated rings. The number of nitrogens with one attached hydrogen (secondary N) is 1. The summed E-state index contributed by atoms with van der Waals surface area (Å²) in [5, 5.41) is 3.55. The minimum atomic E-state index is -3.52. The molecule has 0 spiro atoms. The molecule has 0 aliphatic carbocycles. The summed E-state index contributed by atoms with van der Waals surface area (Å²) in [5.74, 6) is 0.0135. The summed E-state index contributed by atoms with van der Waals surface area (Å²) in [6.07, 6.45) is 2.37. The molecule has 1 aliphatic heterocycles. The molecule has 2 aromatic carbocycles. The van der Waals surface area contributed by atoms with E-state index in [0.717, 1.165) is 5.56 Å². The van der Waals surface area contributed by atoms with Crippen LogP contribution in [0.4, 0.5) is 0 Å². The highest BCUT2D eigenvalue weighted by molar-refractivity contribution is 7.89. The van der Waals surface area contributed by atoms with Gasteiger partial charge in [0.1, 0.15) is 0 Å². The van der Waals surface area contributed by atoms with Crippen molar-refractivity contribution in [3.8, 4) is 0 Å². The molecule has 1 N–H and O–H groups in total. The largest absolute Gasteiger partial charge is 0.353 e. The number of hydrogen-bond donors (Lipinski definition) is 1. The monoisotopic (exact) mass is 420 g/mol. The van der Waals surface area contributed by atoms with Gasteiger partial charge in [-0.3, -0.25) is 4.79 Å². The van der Waals surface area contributed by atoms with Gasteiger partial charge in [-0.25, -0.2) is 8.42 Å². The van der Waals surface area contributed by atoms with E-state index in [0.29, 0.717) is 43.8 Å². The van der Waals surface area contributed by atoms with Gasteiger partial charge in [0.25, 0.3) is 0 Å². The van der Waals surface area contributed by atoms with Crippen LogP contribution in [0.25, 0.3) is 0 Å². The molecular formula is C21H25ClN2O3S. The molecule has 0 bridgehead atoms. The second-order valence-corrected chi connectivity index (χ2v) is 9.56. The summed E-state index contributed by atoms with van der Waals surface area (Å²) in [4.78, 5) is 12.5. The number of benzene rings is 2. The Morgan fingerprint density at radius 2 is 1.68 bits per heavy atom. The van der Waals surface area contributed by atoms with Crippen molar-refractivity contribution in [3.05, 3.63) is 64.7 Å². The van der Waals surface area contributed by atoms with E-state index in [1.165, 1.54) is 22.0 Å². The van der Waals surface area contributed by atoms with E-state index in [4.69, 9.17) is 11.6 Å². The molecule has 2 aromatic rings. The van der Waals surface area contributed by atoms with Crippen LogP contribution >= 0.6 is 11.6 Å². The first-order valence-corrected chi connectivity index (χ1v) is 11.3. The number of rotatable bonds is 6. The van der Waals surface area contributed by atoms with Crippen LogP contribution in [0.3, 0.4) is 0 Å². The highest BCUT2D eigenvalue weighted by Crippen LogP contribution is 2.22. The third-order valence-corrected chi connectivity index (χ3v) is 7.20. The molecule has 1 heterocycles. The molecule has 1 aliphatic rings. The van der Waals surface area contributed by atoms with Crippen molar-refractivity contribution in [1.29, 1.82) is 0 Å². The number of amides is 1. The summed E-state index contributed by atoms with van der Waals surface area (Å²) in [5.41, 5.74) is 2.35. The summed E-state index contributed by atoms with van der Waals surface area (Å²) in [6, 6.07) is 14.4. The fraction of sp³-hybridized carbons (Fsp3) is 0.381. The lowest BCUT2D eigenvalue weighted by Gasteiger charge is -2.31. The summed E-state index contributed by atoms with van der Waals surface area (Å²) >= 11 is 5.84. The van der Waals surface area contributed by atoms with Gasteiger partial charge in [0.2, 0.25) is 15.9 Å². The van der Waals surface area contributed by atoms with Gasteiger partial charge in [-0.15, -0.1) is 0 Å². The Bertz CT molecular complexity index is 904. The Morgan fingerprint density at radius 3 is 2.29 bits per heavy atom. The van der Waals surface area contributed by atoms with Crippen molar-refractivity contribution in [2.45, 2.75) is 43.5 Å². The van der Waals surface area contributed by atoms with Gasteiger partial charge in [-0.05, 0) is 56.0 Å². The van der Waals surface area contributed by atoms with Crippen molar-refractivity contribution in [1.82, 2.24) is 9.62 Å². The molecule has 0 aromatic heterocycles. The summed E-state index contributed by atoms with van der Waals surface area (Å²) in [7, 11) is -3.52. The lowest BCUT2D eigenvalue weighted by Crippen LogP contribution is -2.46. The molecule has 0 radical (unpaired) electrons. The third-order valence-electron chi connectivity index (χ3n) is 5.03. The van der Waals surface area contributed by atoms with E-state index in [9.17, 15) is 13.2 Å². The zero-order valence-electron chi connectivity index (χ0n) is 15.9. The highest BCUT2D eigenvalue weighted by atomic mass is 35.5. The van der Waals surface area contributed by atoms with Crippen molar-refractivity contribution in [2.75, 3.05) is 13.1 Å². The Balaban J connectivity index is 1.47. The van der Waals surface area contributed by atoms with Crippen LogP contribution in [-0.2, 0) is 21.2 Å². The molecule has 0 saturated carbocycles. The Kier molecular flexibility index (Phi) is 6.75. The number of sulfonamides is 1. The minimum Gasteiger partial charge on any atom is -0.353 e. The molecular weight excluding hydrogens is 396 g/mol. The van der Waals surface area contributed by atoms with Crippen LogP contribution in [0.1, 0.15) is 30.4 Å². The van der Waals surface area contributed by atoms with Gasteiger partial charge in [-0.1, -0.05) is 41.4 Å². The standard InChI is InChI=1S/C21H25ClN2O3S/c1-16-2-4-17(5-3-16)6-11-21(25)23-19-12-14-24(15-13-19)28(26,27)20-9-7-18(22)8-10-20/h2-5,7-10,19H,6,11-15H2,1H3,(H,23,25). The van der Waals surface area contributed by atoms with Gasteiger partial charge in [-0.2, -0.15) is 4.31 Å². The zero-order valence-corrected chi connectivity index (χ0v) is 17.5. The molecule has 1 amide bonds. The third kappa shape index (κ3) is 5.34. The average Bonchev–Trinajstić information content (AvgIpc) is 2.68. The van der Waals surface area contributed by atoms with Gasteiger partial charge in [0.05, 0.1) is 4.90 Å². The minimum absolute atomic E-state index is 0.0135. The summed E-state index contributed by atoms with van der Waals surface area (Å²) in [6.45, 7) is 2.83. The molecule has 1 saturated heterocycles. The van der Waals surface area contributed by atoms with Crippen molar-refractivity contribution in [3.63, 3.8) is 0 Å². The predicted molar refractivity (Wildman–Crippen MR) is 111 cm³/mol. The van der Waals surface area contributed by atoms with Gasteiger partial charge >= 0.3 is 0 Å². The smallest absolute Gasteiger partial charge is 0.243 e. The zero-order chi connectivity index (χ0) is 20.1. The van der Waals surface area contributed by atoms with Crippen LogP contribution in [0.2, 0.25) is 5.02 Å². The summed E-state index contributed by atoms with van der Waals surface area (Å²) < 4.78 is 26.9. The fourth-order valence-electron chi connectivity index (χ4n) is 3.31. The maximum absolute atomic E-state index is 12.7. The van der Waals surface area contributed by atoms with Gasteiger partial charge < -0.3 is 5.32 Å². The lowest BCUT2D eigenvalue weighted by atomic mass is 10.1. The maximum atomic E-state index is 12.7. The number of halogens is 1. The topological polar surface area (TPSA) is 66.5 Å². The molecule has 150 valence electrons. The number of carbonyl (C=O) groups is 1. The van der Waals surface area contributed by atoms with Crippen molar-refractivity contribution in [2.24, 2.45) is 0 Å². The normalized spacial score (nSPS) is 16.1. The number of piperidine rings is 1. The van der Waals surface area contributed by atoms with E-state index in [1.54, 1.807) is 12.1 Å². The van der Waals surface area contributed by atoms with Crippen molar-refractivity contribution >= 4 is 27.5 Å².